The van der Waals surface area contributed by atoms with Gasteiger partial charge in [0.2, 0.25) is 6.54 Å². The number of rotatable bonds is 1. The molecule has 0 aromatic rings. The number of aliphatic hydroxyl groups is 1. The molecule has 0 saturated carbocycles. The largest absolute Gasteiger partial charge is 0.389 e. The standard InChI is InChI=1S/C3H5NO/c1-4-2-3-5/h5H,2-3H2. The molecule has 1 N–H and O–H groups in total. The van der Waals surface area contributed by atoms with Crippen LogP contribution in [0.1, 0.15) is 0 Å². The van der Waals surface area contributed by atoms with Gasteiger partial charge in [-0.25, -0.2) is 6.57 Å². The van der Waals surface area contributed by atoms with E-state index in [0.29, 0.717) is 0 Å². The van der Waals surface area contributed by atoms with Gasteiger partial charge in [-0.1, -0.05) is 0 Å². The summed E-state index contributed by atoms with van der Waals surface area (Å²) in [7, 11) is 0. The first-order valence-electron chi connectivity index (χ1n) is 1.36. The molecule has 0 aromatic heterocycles. The van der Waals surface area contributed by atoms with E-state index < -0.39 is 0 Å². The predicted octanol–water partition coefficient (Wildman–Crippen LogP) is -0.102. The number of aliphatic hydroxyl groups excluding tert-OH is 1. The fourth-order valence-corrected chi connectivity index (χ4v) is 0.0500. The van der Waals surface area contributed by atoms with Crippen LogP contribution in [-0.2, 0) is 0 Å². The van der Waals surface area contributed by atoms with Gasteiger partial charge in [0.1, 0.15) is 6.61 Å². The smallest absolute Gasteiger partial charge is 0.237 e. The molecule has 5 heavy (non-hydrogen) atoms. The van der Waals surface area contributed by atoms with E-state index in [-0.39, 0.29) is 13.2 Å². The van der Waals surface area contributed by atoms with Gasteiger partial charge in [-0.3, -0.25) is 0 Å². The Morgan fingerprint density at radius 2 is 2.40 bits per heavy atom. The lowest BCUT2D eigenvalue weighted by atomic mass is 10.7. The first-order chi connectivity index (χ1) is 2.41. The molecule has 28 valence electrons. The minimum absolute atomic E-state index is 0.0104. The average molecular weight is 71.1 g/mol. The first-order valence-corrected chi connectivity index (χ1v) is 1.36. The third-order valence-electron chi connectivity index (χ3n) is 0.212. The zero-order valence-electron chi connectivity index (χ0n) is 2.81. The molecule has 0 aliphatic rings. The Kier molecular flexibility index (Phi) is 3.07. The summed E-state index contributed by atoms with van der Waals surface area (Å²) >= 11 is 0. The van der Waals surface area contributed by atoms with Crippen LogP contribution in [-0.4, -0.2) is 18.3 Å². The number of hydrogen-bond acceptors (Lipinski definition) is 1. The zero-order valence-corrected chi connectivity index (χ0v) is 2.81. The maximum Gasteiger partial charge on any atom is 0.237 e. The highest BCUT2D eigenvalue weighted by Crippen LogP contribution is 1.57. The molecule has 0 spiro atoms. The lowest BCUT2D eigenvalue weighted by Gasteiger charge is -1.66. The van der Waals surface area contributed by atoms with Crippen molar-refractivity contribution < 1.29 is 5.11 Å². The van der Waals surface area contributed by atoms with E-state index in [4.69, 9.17) is 11.7 Å². The Morgan fingerprint density at radius 3 is 2.40 bits per heavy atom. The molecular weight excluding hydrogens is 66.0 g/mol. The van der Waals surface area contributed by atoms with Crippen molar-refractivity contribution in [2.75, 3.05) is 13.2 Å². The summed E-state index contributed by atoms with van der Waals surface area (Å²) in [6.45, 7) is 6.29. The van der Waals surface area contributed by atoms with Gasteiger partial charge in [0.25, 0.3) is 0 Å². The summed E-state index contributed by atoms with van der Waals surface area (Å²) in [6, 6.07) is 0. The van der Waals surface area contributed by atoms with Crippen LogP contribution in [0.4, 0.5) is 0 Å². The summed E-state index contributed by atoms with van der Waals surface area (Å²) in [4.78, 5) is 2.85. The average Bonchev–Trinajstić information content (AvgIpc) is 1.41. The van der Waals surface area contributed by atoms with Crippen molar-refractivity contribution in [1.82, 2.24) is 0 Å². The van der Waals surface area contributed by atoms with Crippen LogP contribution in [0.3, 0.4) is 0 Å². The third kappa shape index (κ3) is 3.45. The SMILES string of the molecule is [C-]#[N+]CCO. The van der Waals surface area contributed by atoms with Gasteiger partial charge in [0.15, 0.2) is 0 Å². The molecule has 0 unspecified atom stereocenters. The summed E-state index contributed by atoms with van der Waals surface area (Å²) in [6.07, 6.45) is 0. The Morgan fingerprint density at radius 1 is 1.80 bits per heavy atom. The van der Waals surface area contributed by atoms with Crippen molar-refractivity contribution in [1.29, 1.82) is 0 Å². The van der Waals surface area contributed by atoms with E-state index in [1.54, 1.807) is 0 Å². The van der Waals surface area contributed by atoms with Crippen LogP contribution in [0.2, 0.25) is 0 Å². The Labute approximate surface area is 30.9 Å². The Hall–Kier alpha value is -0.550. The molecule has 0 aliphatic carbocycles. The van der Waals surface area contributed by atoms with Gasteiger partial charge in [0, 0.05) is 0 Å². The minimum atomic E-state index is -0.0104. The molecule has 0 bridgehead atoms. The number of hydrogen-bond donors (Lipinski definition) is 1. The minimum Gasteiger partial charge on any atom is -0.389 e. The molecule has 0 saturated heterocycles. The molecule has 0 fully saturated rings. The van der Waals surface area contributed by atoms with Crippen molar-refractivity contribution in [3.8, 4) is 0 Å². The van der Waals surface area contributed by atoms with Gasteiger partial charge in [-0.05, 0) is 0 Å². The second-order valence-electron chi connectivity index (χ2n) is 0.605. The van der Waals surface area contributed by atoms with Crippen molar-refractivity contribution >= 4 is 0 Å². The molecule has 0 aliphatic heterocycles. The summed E-state index contributed by atoms with van der Waals surface area (Å²) in [5.74, 6) is 0. The van der Waals surface area contributed by atoms with E-state index >= 15 is 0 Å². The Balaban J connectivity index is 2.48. The highest BCUT2D eigenvalue weighted by Gasteiger charge is 1.69. The molecular formula is C3H5NO. The highest BCUT2D eigenvalue weighted by atomic mass is 16.3. The summed E-state index contributed by atoms with van der Waals surface area (Å²) in [5, 5.41) is 7.85. The maximum atomic E-state index is 7.85. The second kappa shape index (κ2) is 3.45. The van der Waals surface area contributed by atoms with Gasteiger partial charge in [-0.15, -0.1) is 0 Å². The van der Waals surface area contributed by atoms with Crippen LogP contribution in [0.5, 0.6) is 0 Å². The van der Waals surface area contributed by atoms with Crippen molar-refractivity contribution in [3.05, 3.63) is 11.4 Å². The monoisotopic (exact) mass is 71.0 g/mol. The van der Waals surface area contributed by atoms with Gasteiger partial charge in [0.05, 0.1) is 0 Å². The van der Waals surface area contributed by atoms with E-state index in [9.17, 15) is 0 Å². The van der Waals surface area contributed by atoms with E-state index in [2.05, 4.69) is 4.85 Å². The summed E-state index contributed by atoms with van der Waals surface area (Å²) in [5.41, 5.74) is 0. The van der Waals surface area contributed by atoms with Crippen LogP contribution in [0, 0.1) is 6.57 Å². The van der Waals surface area contributed by atoms with Crippen molar-refractivity contribution in [3.63, 3.8) is 0 Å². The molecule has 2 nitrogen and oxygen atoms in total. The lowest BCUT2D eigenvalue weighted by Crippen LogP contribution is -1.80. The normalized spacial score (nSPS) is 6.40. The quantitative estimate of drug-likeness (QED) is 0.429. The predicted molar refractivity (Wildman–Crippen MR) is 18.6 cm³/mol. The first kappa shape index (κ1) is 4.45. The second-order valence-corrected chi connectivity index (χ2v) is 0.605. The molecule has 0 atom stereocenters. The Bertz CT molecular complexity index is 45.3. The lowest BCUT2D eigenvalue weighted by molar-refractivity contribution is 0.314. The van der Waals surface area contributed by atoms with E-state index in [1.807, 2.05) is 0 Å². The van der Waals surface area contributed by atoms with E-state index in [0.717, 1.165) is 0 Å². The molecule has 2 heteroatoms. The summed E-state index contributed by atoms with van der Waals surface area (Å²) < 4.78 is 0. The third-order valence-corrected chi connectivity index (χ3v) is 0.212. The molecule has 0 radical (unpaired) electrons. The van der Waals surface area contributed by atoms with Gasteiger partial charge in [-0.2, -0.15) is 0 Å². The number of nitrogens with zero attached hydrogens (tertiary/aromatic N) is 1. The van der Waals surface area contributed by atoms with Crippen molar-refractivity contribution in [2.45, 2.75) is 0 Å². The molecule has 0 aromatic carbocycles. The van der Waals surface area contributed by atoms with Crippen molar-refractivity contribution in [2.24, 2.45) is 0 Å². The zero-order chi connectivity index (χ0) is 4.12. The topological polar surface area (TPSA) is 24.6 Å². The van der Waals surface area contributed by atoms with Gasteiger partial charge < -0.3 is 9.95 Å². The van der Waals surface area contributed by atoms with Crippen LogP contribution >= 0.6 is 0 Å². The maximum absolute atomic E-state index is 7.85. The fraction of sp³-hybridized carbons (Fsp3) is 0.667. The molecule has 0 rings (SSSR count). The molecule has 0 amide bonds. The van der Waals surface area contributed by atoms with Gasteiger partial charge >= 0.3 is 0 Å². The van der Waals surface area contributed by atoms with Crippen LogP contribution in [0.25, 0.3) is 4.85 Å². The highest BCUT2D eigenvalue weighted by molar-refractivity contribution is 4.53. The van der Waals surface area contributed by atoms with E-state index in [1.165, 1.54) is 0 Å². The molecule has 0 heterocycles. The fourth-order valence-electron chi connectivity index (χ4n) is 0.0500. The van der Waals surface area contributed by atoms with Crippen LogP contribution < -0.4 is 0 Å². The van der Waals surface area contributed by atoms with Crippen LogP contribution in [0.15, 0.2) is 0 Å².